The molecule has 3 rings (SSSR count). The molecule has 1 heterocycles. The molecule has 9 nitrogen and oxygen atoms in total. The number of aryl methyl sites for hydroxylation is 1. The molecule has 1 aromatic carbocycles. The second-order valence-corrected chi connectivity index (χ2v) is 11.3. The predicted octanol–water partition coefficient (Wildman–Crippen LogP) is 3.69. The number of amides is 2. The van der Waals surface area contributed by atoms with E-state index in [0.717, 1.165) is 60.8 Å². The van der Waals surface area contributed by atoms with Gasteiger partial charge in [0.05, 0.1) is 19.4 Å². The van der Waals surface area contributed by atoms with Crippen LogP contribution in [-0.4, -0.2) is 60.4 Å². The Bertz CT molecular complexity index is 1060. The van der Waals surface area contributed by atoms with E-state index < -0.39 is 21.6 Å². The summed E-state index contributed by atoms with van der Waals surface area (Å²) < 4.78 is 29.8. The molecular formula is C22H29N3O6S2. The third-order valence-electron chi connectivity index (χ3n) is 5.59. The van der Waals surface area contributed by atoms with Crippen LogP contribution in [0.4, 0.5) is 9.93 Å². The van der Waals surface area contributed by atoms with Gasteiger partial charge in [0.15, 0.2) is 20.7 Å². The van der Waals surface area contributed by atoms with E-state index in [0.29, 0.717) is 19.8 Å². The summed E-state index contributed by atoms with van der Waals surface area (Å²) in [6.07, 6.45) is 6.13. The fourth-order valence-electron chi connectivity index (χ4n) is 3.82. The van der Waals surface area contributed by atoms with Gasteiger partial charge in [0.25, 0.3) is 0 Å². The number of nitrogens with zero attached hydrogens (tertiary/aromatic N) is 2. The van der Waals surface area contributed by atoms with Gasteiger partial charge in [0.1, 0.15) is 4.21 Å². The number of carbonyl (C=O) groups excluding carboxylic acids is 1. The van der Waals surface area contributed by atoms with Gasteiger partial charge in [-0.25, -0.2) is 18.2 Å². The molecule has 33 heavy (non-hydrogen) atoms. The molecule has 0 aliphatic heterocycles. The van der Waals surface area contributed by atoms with Crippen LogP contribution in [0.1, 0.15) is 43.2 Å². The Kier molecular flexibility index (Phi) is 8.81. The summed E-state index contributed by atoms with van der Waals surface area (Å²) >= 11 is 0.749. The van der Waals surface area contributed by atoms with Crippen molar-refractivity contribution in [3.63, 3.8) is 0 Å². The predicted molar refractivity (Wildman–Crippen MR) is 125 cm³/mol. The van der Waals surface area contributed by atoms with Crippen molar-refractivity contribution in [1.82, 2.24) is 9.88 Å². The zero-order chi connectivity index (χ0) is 23.8. The summed E-state index contributed by atoms with van der Waals surface area (Å²) in [5, 5.41) is 11.6. The Labute approximate surface area is 197 Å². The molecule has 1 aromatic heterocycles. The highest BCUT2D eigenvalue weighted by Gasteiger charge is 2.27. The molecule has 1 aliphatic carbocycles. The topological polar surface area (TPSA) is 126 Å². The Morgan fingerprint density at radius 3 is 2.67 bits per heavy atom. The number of carboxylic acid groups (broad SMARTS) is 1. The quantitative estimate of drug-likeness (QED) is 0.481. The highest BCUT2D eigenvalue weighted by molar-refractivity contribution is 7.94. The molecule has 1 fully saturated rings. The number of aliphatic carboxylic acids is 1. The molecule has 0 bridgehead atoms. The van der Waals surface area contributed by atoms with Gasteiger partial charge in [-0.1, -0.05) is 54.9 Å². The summed E-state index contributed by atoms with van der Waals surface area (Å²) in [5.74, 6) is -2.46. The molecule has 0 spiro atoms. The molecule has 180 valence electrons. The molecule has 0 atom stereocenters. The average molecular weight is 496 g/mol. The number of urea groups is 1. The minimum atomic E-state index is -3.99. The van der Waals surface area contributed by atoms with Gasteiger partial charge in [-0.15, -0.1) is 0 Å². The maximum absolute atomic E-state index is 13.0. The van der Waals surface area contributed by atoms with Crippen LogP contribution in [0.5, 0.6) is 0 Å². The van der Waals surface area contributed by atoms with Crippen molar-refractivity contribution in [2.45, 2.75) is 55.9 Å². The van der Waals surface area contributed by atoms with Crippen molar-refractivity contribution in [3.8, 4) is 0 Å². The number of carbonyl (C=O) groups is 2. The van der Waals surface area contributed by atoms with Crippen molar-refractivity contribution in [1.29, 1.82) is 0 Å². The van der Waals surface area contributed by atoms with E-state index in [1.165, 1.54) is 0 Å². The lowest BCUT2D eigenvalue weighted by Gasteiger charge is -2.34. The number of sulfone groups is 1. The van der Waals surface area contributed by atoms with E-state index in [2.05, 4.69) is 10.3 Å². The zero-order valence-electron chi connectivity index (χ0n) is 18.5. The number of hydrogen-bond donors (Lipinski definition) is 2. The van der Waals surface area contributed by atoms with Crippen LogP contribution < -0.4 is 5.32 Å². The number of carboxylic acids is 1. The molecule has 2 N–H and O–H groups in total. The van der Waals surface area contributed by atoms with Crippen molar-refractivity contribution in [2.75, 3.05) is 24.2 Å². The minimum absolute atomic E-state index is 0.0796. The molecule has 1 saturated carbocycles. The number of nitrogens with one attached hydrogen (secondary N) is 1. The van der Waals surface area contributed by atoms with Gasteiger partial charge in [-0.3, -0.25) is 10.1 Å². The Hall–Kier alpha value is -2.50. The van der Waals surface area contributed by atoms with Crippen LogP contribution in [0.15, 0.2) is 34.7 Å². The smallest absolute Gasteiger partial charge is 0.323 e. The Balaban J connectivity index is 1.62. The minimum Gasteiger partial charge on any atom is -0.480 e. The second-order valence-electron chi connectivity index (χ2n) is 8.03. The zero-order valence-corrected chi connectivity index (χ0v) is 20.2. The monoisotopic (exact) mass is 495 g/mol. The molecule has 1 aliphatic rings. The molecule has 2 aromatic rings. The lowest BCUT2D eigenvalue weighted by Crippen LogP contribution is -2.45. The maximum atomic E-state index is 13.0. The van der Waals surface area contributed by atoms with Gasteiger partial charge in [-0.2, -0.15) is 0 Å². The number of aromatic nitrogens is 1. The van der Waals surface area contributed by atoms with Gasteiger partial charge < -0.3 is 14.7 Å². The van der Waals surface area contributed by atoms with E-state index in [9.17, 15) is 18.0 Å². The summed E-state index contributed by atoms with van der Waals surface area (Å²) in [4.78, 5) is 29.5. The summed E-state index contributed by atoms with van der Waals surface area (Å²) in [7, 11) is -3.99. The fourth-order valence-corrected chi connectivity index (χ4v) is 5.96. The first-order chi connectivity index (χ1) is 15.8. The Morgan fingerprint density at radius 1 is 1.24 bits per heavy atom. The number of anilines is 1. The average Bonchev–Trinajstić information content (AvgIpc) is 3.24. The fraction of sp³-hybridized carbons (Fsp3) is 0.500. The van der Waals surface area contributed by atoms with E-state index in [4.69, 9.17) is 9.84 Å². The summed E-state index contributed by atoms with van der Waals surface area (Å²) in [6, 6.07) is 7.70. The molecule has 2 amide bonds. The van der Waals surface area contributed by atoms with Gasteiger partial charge in [0.2, 0.25) is 0 Å². The highest BCUT2D eigenvalue weighted by Crippen LogP contribution is 2.26. The van der Waals surface area contributed by atoms with Crippen LogP contribution in [0.25, 0.3) is 0 Å². The first-order valence-corrected chi connectivity index (χ1v) is 13.3. The van der Waals surface area contributed by atoms with E-state index in [-0.39, 0.29) is 21.4 Å². The number of benzene rings is 1. The standard InChI is InChI=1S/C22H29N3O6S2/c1-16-7-5-6-8-17(16)14-31-12-11-25(18-9-3-2-4-10-18)22(28)24-21-23-13-20(32-21)33(29,30)15-19(26)27/h5-8,13,18H,2-4,9-12,14-15H2,1H3,(H,26,27)(H,23,24,28). The summed E-state index contributed by atoms with van der Waals surface area (Å²) in [6.45, 7) is 3.26. The van der Waals surface area contributed by atoms with Crippen LogP contribution in [0, 0.1) is 6.92 Å². The van der Waals surface area contributed by atoms with Gasteiger partial charge in [-0.05, 0) is 30.9 Å². The second kappa shape index (κ2) is 11.6. The molecule has 0 unspecified atom stereocenters. The highest BCUT2D eigenvalue weighted by atomic mass is 32.2. The van der Waals surface area contributed by atoms with Crippen LogP contribution in [0.2, 0.25) is 0 Å². The number of rotatable bonds is 10. The van der Waals surface area contributed by atoms with Crippen molar-refractivity contribution < 1.29 is 27.9 Å². The van der Waals surface area contributed by atoms with Crippen LogP contribution in [-0.2, 0) is 26.0 Å². The first kappa shape index (κ1) is 25.1. The lowest BCUT2D eigenvalue weighted by atomic mass is 9.94. The summed E-state index contributed by atoms with van der Waals surface area (Å²) in [5.41, 5.74) is 2.25. The van der Waals surface area contributed by atoms with E-state index >= 15 is 0 Å². The van der Waals surface area contributed by atoms with Crippen LogP contribution in [0.3, 0.4) is 0 Å². The number of hydrogen-bond acceptors (Lipinski definition) is 7. The van der Waals surface area contributed by atoms with E-state index in [1.54, 1.807) is 4.90 Å². The van der Waals surface area contributed by atoms with Crippen molar-refractivity contribution in [3.05, 3.63) is 41.6 Å². The van der Waals surface area contributed by atoms with Crippen molar-refractivity contribution >= 4 is 38.3 Å². The van der Waals surface area contributed by atoms with Crippen LogP contribution >= 0.6 is 11.3 Å². The van der Waals surface area contributed by atoms with Gasteiger partial charge >= 0.3 is 12.0 Å². The number of thiazole rings is 1. The molecular weight excluding hydrogens is 466 g/mol. The molecule has 0 radical (unpaired) electrons. The largest absolute Gasteiger partial charge is 0.480 e. The number of ether oxygens (including phenoxy) is 1. The first-order valence-electron chi connectivity index (χ1n) is 10.9. The third kappa shape index (κ3) is 7.24. The molecule has 0 saturated heterocycles. The molecule has 11 heteroatoms. The van der Waals surface area contributed by atoms with Gasteiger partial charge in [0, 0.05) is 12.6 Å². The van der Waals surface area contributed by atoms with E-state index in [1.807, 2.05) is 31.2 Å². The SMILES string of the molecule is Cc1ccccc1COCCN(C(=O)Nc1ncc(S(=O)(=O)CC(=O)O)s1)C1CCCCC1. The van der Waals surface area contributed by atoms with Crippen molar-refractivity contribution in [2.24, 2.45) is 0 Å². The lowest BCUT2D eigenvalue weighted by molar-refractivity contribution is -0.134. The normalized spacial score (nSPS) is 14.7. The third-order valence-corrected chi connectivity index (χ3v) is 8.65. The maximum Gasteiger partial charge on any atom is 0.323 e. The Morgan fingerprint density at radius 2 is 1.97 bits per heavy atom.